The van der Waals surface area contributed by atoms with Gasteiger partial charge in [-0.15, -0.1) is 0 Å². The minimum Gasteiger partial charge on any atom is -0.504 e. The van der Waals surface area contributed by atoms with Gasteiger partial charge >= 0.3 is 29.8 Å². The van der Waals surface area contributed by atoms with Gasteiger partial charge in [0.15, 0.2) is 54.1 Å². The molecule has 0 saturated carbocycles. The Kier molecular flexibility index (Phi) is 22.7. The van der Waals surface area contributed by atoms with E-state index in [1.54, 1.807) is 6.07 Å². The smallest absolute Gasteiger partial charge is 0.338 e. The molecule has 0 bridgehead atoms. The maximum Gasteiger partial charge on any atom is 0.338 e. The highest BCUT2D eigenvalue weighted by molar-refractivity contribution is 5.90. The minimum absolute atomic E-state index is 0.0154. The molecule has 0 spiro atoms. The summed E-state index contributed by atoms with van der Waals surface area (Å²) in [5.74, 6) is -8.63. The number of hydrogen-bond acceptors (Lipinski definition) is 30. The van der Waals surface area contributed by atoms with Gasteiger partial charge in [-0.25, -0.2) is 14.4 Å². The Morgan fingerprint density at radius 1 is 0.541 bits per heavy atom. The topological polar surface area (TPSA) is 437 Å². The molecule has 85 heavy (non-hydrogen) atoms. The number of benzene rings is 3. The van der Waals surface area contributed by atoms with Gasteiger partial charge in [-0.2, -0.15) is 0 Å². The summed E-state index contributed by atoms with van der Waals surface area (Å²) >= 11 is 0. The molecule has 0 radical (unpaired) electrons. The van der Waals surface area contributed by atoms with Crippen molar-refractivity contribution in [1.29, 1.82) is 0 Å². The molecule has 3 aromatic carbocycles. The fraction of sp³-hybridized carbons (Fsp3) is 0.509. The van der Waals surface area contributed by atoms with E-state index >= 15 is 0 Å². The summed E-state index contributed by atoms with van der Waals surface area (Å²) < 4.78 is 80.1. The summed E-state index contributed by atoms with van der Waals surface area (Å²) in [7, 11) is 2.57. The van der Waals surface area contributed by atoms with E-state index in [1.165, 1.54) is 87.0 Å². The Hall–Kier alpha value is -6.95. The lowest BCUT2D eigenvalue weighted by molar-refractivity contribution is -0.403. The zero-order valence-electron chi connectivity index (χ0n) is 45.8. The van der Waals surface area contributed by atoms with Gasteiger partial charge < -0.3 is 122 Å². The second-order valence-corrected chi connectivity index (χ2v) is 19.6. The van der Waals surface area contributed by atoms with Gasteiger partial charge in [0.1, 0.15) is 99.2 Å². The quantitative estimate of drug-likeness (QED) is 0.0260. The molecule has 4 heterocycles. The molecule has 0 aliphatic carbocycles. The first-order valence-corrected chi connectivity index (χ1v) is 26.1. The number of phenolic OH excluding ortho intramolecular Hbond substituents is 2. The van der Waals surface area contributed by atoms with Crippen LogP contribution in [0.15, 0.2) is 78.9 Å². The Morgan fingerprint density at radius 2 is 1.06 bits per heavy atom. The second-order valence-electron chi connectivity index (χ2n) is 19.6. The van der Waals surface area contributed by atoms with Crippen LogP contribution in [0.3, 0.4) is 0 Å². The maximum atomic E-state index is 13.9. The van der Waals surface area contributed by atoms with Crippen molar-refractivity contribution >= 4 is 42.0 Å². The van der Waals surface area contributed by atoms with Crippen LogP contribution >= 0.6 is 0 Å². The van der Waals surface area contributed by atoms with Crippen LogP contribution in [-0.2, 0) is 76.0 Å². The average molecular weight is 1210 g/mol. The Labute approximate surface area is 483 Å². The highest BCUT2D eigenvalue weighted by Crippen LogP contribution is 2.41. The molecule has 0 aromatic heterocycles. The molecule has 4 saturated heterocycles. The maximum absolute atomic E-state index is 13.9. The summed E-state index contributed by atoms with van der Waals surface area (Å²) in [6, 6.07) is 15.3. The number of esters is 5. The van der Waals surface area contributed by atoms with Crippen molar-refractivity contribution in [2.45, 2.75) is 130 Å². The molecule has 0 unspecified atom stereocenters. The fourth-order valence-corrected chi connectivity index (χ4v) is 9.30. The first-order chi connectivity index (χ1) is 40.5. The van der Waals surface area contributed by atoms with Gasteiger partial charge in [-0.1, -0.05) is 30.3 Å². The number of phenols is 2. The van der Waals surface area contributed by atoms with E-state index in [-0.39, 0.29) is 34.1 Å². The van der Waals surface area contributed by atoms with Crippen LogP contribution in [0, 0.1) is 0 Å². The number of carbonyl (C=O) groups is 5. The first-order valence-electron chi connectivity index (χ1n) is 26.1. The zero-order valence-corrected chi connectivity index (χ0v) is 45.8. The summed E-state index contributed by atoms with van der Waals surface area (Å²) in [5.41, 5.74) is 0.512. The van der Waals surface area contributed by atoms with Crippen LogP contribution in [-0.4, -0.2) is 249 Å². The van der Waals surface area contributed by atoms with Gasteiger partial charge in [0.2, 0.25) is 5.79 Å². The lowest BCUT2D eigenvalue weighted by Crippen LogP contribution is -2.68. The van der Waals surface area contributed by atoms with Gasteiger partial charge in [0.05, 0.1) is 33.0 Å². The average Bonchev–Trinajstić information content (AvgIpc) is 2.01. The Balaban J connectivity index is 1.28. The minimum atomic E-state index is -2.84. The summed E-state index contributed by atoms with van der Waals surface area (Å²) in [6.07, 6.45) is -32.5. The van der Waals surface area contributed by atoms with Crippen molar-refractivity contribution in [2.75, 3.05) is 47.3 Å². The molecule has 4 fully saturated rings. The SMILES string of the molecule is COc1cc(C=CC(=O)OC[C@]2(O[C@H]3O[C@H](COC(C)=O)[C@@H](OC(=O)C=Cc4ccc(O)c(OC)c4)[C@@H](O[C@@H]4O[C@@H](COC(C)=O)[C@@H](O[C@H]5O[C@@H](CO)[C@H](O)[C@H](O)[C@@H]5O)[C@@H](O)[C@@H]4O)[C@H]3O)O[C@H](CO)[C@H](O)[C@@H]2OC(=O)c2ccccc2)ccc1O. The van der Waals surface area contributed by atoms with Gasteiger partial charge in [-0.3, -0.25) is 9.59 Å². The van der Waals surface area contributed by atoms with Gasteiger partial charge in [0.25, 0.3) is 0 Å². The Morgan fingerprint density at radius 3 is 1.61 bits per heavy atom. The molecule has 3 aromatic rings. The standard InChI is InChI=1S/C55H66O30/c1-25(58)74-22-36-47(81-52-44(68)42(66)40(64)34(20-56)77-52)43(67)45(69)53(78-36)82-49-46(70)54(79-37(23-75-26(2)59)48(49)80-39(63)17-13-28-11-15-31(61)33(19-28)73-4)85-55(24-76-38(62)16-12-27-10-14-30(60)32(18-27)72-3)50(41(65)35(21-57)84-55)83-51(71)29-8-6-5-7-9-29/h5-19,34-37,40-50,52-54,56-57,60-61,64-70H,20-24H2,1-4H3/t34-,35+,36-,37+,40-,41-,42-,43-,44-,45-,46+,47+,48+,49-,50-,52+,53-,54+,55+/m0/s1. The highest BCUT2D eigenvalue weighted by Gasteiger charge is 2.63. The van der Waals surface area contributed by atoms with Gasteiger partial charge in [0, 0.05) is 26.0 Å². The van der Waals surface area contributed by atoms with Crippen LogP contribution in [0.1, 0.15) is 35.3 Å². The fourth-order valence-electron chi connectivity index (χ4n) is 9.30. The van der Waals surface area contributed by atoms with Crippen molar-refractivity contribution in [3.63, 3.8) is 0 Å². The third kappa shape index (κ3) is 15.9. The van der Waals surface area contributed by atoms with Crippen LogP contribution in [0.2, 0.25) is 0 Å². The number of aliphatic hydroxyl groups is 9. The van der Waals surface area contributed by atoms with E-state index in [0.29, 0.717) is 5.56 Å². The van der Waals surface area contributed by atoms with Crippen LogP contribution in [0.5, 0.6) is 23.0 Å². The second kappa shape index (κ2) is 29.4. The molecule has 30 nitrogen and oxygen atoms in total. The number of methoxy groups -OCH3 is 2. The molecule has 19 atom stereocenters. The Bertz CT molecular complexity index is 2810. The van der Waals surface area contributed by atoms with E-state index < -0.39 is 179 Å². The van der Waals surface area contributed by atoms with Crippen molar-refractivity contribution < 1.29 is 146 Å². The molecule has 7 rings (SSSR count). The lowest BCUT2D eigenvalue weighted by Gasteiger charge is -2.49. The van der Waals surface area contributed by atoms with Gasteiger partial charge in [-0.05, 0) is 59.7 Å². The van der Waals surface area contributed by atoms with Crippen LogP contribution < -0.4 is 9.47 Å². The predicted molar refractivity (Wildman–Crippen MR) is 278 cm³/mol. The number of carbonyl (C=O) groups excluding carboxylic acids is 5. The molecule has 4 aliphatic rings. The van der Waals surface area contributed by atoms with E-state index in [0.717, 1.165) is 26.0 Å². The van der Waals surface area contributed by atoms with Crippen LogP contribution in [0.25, 0.3) is 12.2 Å². The molecular formula is C55H66O30. The van der Waals surface area contributed by atoms with Crippen molar-refractivity contribution in [3.8, 4) is 23.0 Å². The highest BCUT2D eigenvalue weighted by atomic mass is 16.8. The van der Waals surface area contributed by atoms with Crippen molar-refractivity contribution in [2.24, 2.45) is 0 Å². The van der Waals surface area contributed by atoms with E-state index in [9.17, 15) is 80.1 Å². The number of aliphatic hydroxyl groups excluding tert-OH is 9. The summed E-state index contributed by atoms with van der Waals surface area (Å²) in [5, 5.41) is 120. The normalized spacial score (nSPS) is 33.0. The van der Waals surface area contributed by atoms with Crippen LogP contribution in [0.4, 0.5) is 0 Å². The number of aromatic hydroxyl groups is 2. The molecule has 0 amide bonds. The first kappa shape index (κ1) is 65.6. The third-order valence-electron chi connectivity index (χ3n) is 13.7. The summed E-state index contributed by atoms with van der Waals surface area (Å²) in [4.78, 5) is 66.0. The molecule has 30 heteroatoms. The number of rotatable bonds is 23. The molecule has 11 N–H and O–H groups in total. The largest absolute Gasteiger partial charge is 0.504 e. The van der Waals surface area contributed by atoms with E-state index in [1.807, 2.05) is 0 Å². The number of ether oxygens (including phenoxy) is 14. The zero-order chi connectivity index (χ0) is 61.9. The van der Waals surface area contributed by atoms with Crippen molar-refractivity contribution in [1.82, 2.24) is 0 Å². The number of hydrogen-bond donors (Lipinski definition) is 11. The summed E-state index contributed by atoms with van der Waals surface area (Å²) in [6.45, 7) is -2.86. The predicted octanol–water partition coefficient (Wildman–Crippen LogP) is -2.78. The van der Waals surface area contributed by atoms with E-state index in [2.05, 4.69) is 0 Å². The van der Waals surface area contributed by atoms with Crippen molar-refractivity contribution in [3.05, 3.63) is 95.6 Å². The molecular weight excluding hydrogens is 1140 g/mol. The molecule has 4 aliphatic heterocycles. The monoisotopic (exact) mass is 1210 g/mol. The molecule has 466 valence electrons. The third-order valence-corrected chi connectivity index (χ3v) is 13.7. The lowest BCUT2D eigenvalue weighted by atomic mass is 9.95. The van der Waals surface area contributed by atoms with E-state index in [4.69, 9.17) is 66.3 Å².